The van der Waals surface area contributed by atoms with Gasteiger partial charge in [-0.05, 0) is 0 Å². The molecule has 3 heteroatoms. The van der Waals surface area contributed by atoms with E-state index in [0.717, 1.165) is 13.2 Å². The number of ether oxygens (including phenoxy) is 1. The SMILES string of the molecule is COCC[n+]1ccccc1.[Br-]. The third-order valence-electron chi connectivity index (χ3n) is 1.33. The number of methoxy groups -OCH3 is 1. The first-order chi connectivity index (χ1) is 4.93. The summed E-state index contributed by atoms with van der Waals surface area (Å²) in [5, 5.41) is 0. The van der Waals surface area contributed by atoms with Crippen LogP contribution < -0.4 is 21.5 Å². The number of halogens is 1. The molecule has 0 radical (unpaired) electrons. The van der Waals surface area contributed by atoms with Gasteiger partial charge in [-0.2, -0.15) is 0 Å². The summed E-state index contributed by atoms with van der Waals surface area (Å²) in [6.07, 6.45) is 4.05. The van der Waals surface area contributed by atoms with Crippen molar-refractivity contribution in [3.8, 4) is 0 Å². The maximum absolute atomic E-state index is 4.92. The Morgan fingerprint density at radius 3 is 2.36 bits per heavy atom. The first-order valence-corrected chi connectivity index (χ1v) is 3.36. The van der Waals surface area contributed by atoms with Gasteiger partial charge in [0.05, 0.1) is 0 Å². The molecule has 0 aliphatic carbocycles. The molecule has 1 aromatic rings. The fraction of sp³-hybridized carbons (Fsp3) is 0.375. The van der Waals surface area contributed by atoms with E-state index < -0.39 is 0 Å². The standard InChI is InChI=1S/C8H12NO.BrH/c1-10-8-7-9-5-3-2-4-6-9;/h2-6H,7-8H2,1H3;1H/q+1;/p-1. The van der Waals surface area contributed by atoms with E-state index in [4.69, 9.17) is 4.74 Å². The monoisotopic (exact) mass is 217 g/mol. The Kier molecular flexibility index (Phi) is 6.07. The zero-order chi connectivity index (χ0) is 7.23. The molecule has 2 nitrogen and oxygen atoms in total. The third kappa shape index (κ3) is 4.11. The number of aromatic nitrogens is 1. The molecule has 1 heterocycles. The van der Waals surface area contributed by atoms with Gasteiger partial charge in [0, 0.05) is 19.2 Å². The van der Waals surface area contributed by atoms with Gasteiger partial charge < -0.3 is 21.7 Å². The van der Waals surface area contributed by atoms with Crippen LogP contribution in [0.2, 0.25) is 0 Å². The highest BCUT2D eigenvalue weighted by Crippen LogP contribution is 1.76. The molecular weight excluding hydrogens is 206 g/mol. The van der Waals surface area contributed by atoms with Crippen LogP contribution in [0.15, 0.2) is 30.6 Å². The van der Waals surface area contributed by atoms with Gasteiger partial charge in [-0.3, -0.25) is 0 Å². The van der Waals surface area contributed by atoms with Gasteiger partial charge in [-0.1, -0.05) is 6.07 Å². The van der Waals surface area contributed by atoms with Crippen LogP contribution in [0.4, 0.5) is 0 Å². The summed E-state index contributed by atoms with van der Waals surface area (Å²) in [5.74, 6) is 0. The molecular formula is C8H12BrNO. The highest BCUT2D eigenvalue weighted by molar-refractivity contribution is 4.83. The van der Waals surface area contributed by atoms with Crippen LogP contribution in [0.1, 0.15) is 0 Å². The Morgan fingerprint density at radius 1 is 1.18 bits per heavy atom. The lowest BCUT2D eigenvalue weighted by Gasteiger charge is -1.93. The predicted octanol–water partition coefficient (Wildman–Crippen LogP) is -2.38. The Hall–Kier alpha value is -0.410. The van der Waals surface area contributed by atoms with Gasteiger partial charge >= 0.3 is 0 Å². The molecule has 1 rings (SSSR count). The molecule has 0 N–H and O–H groups in total. The summed E-state index contributed by atoms with van der Waals surface area (Å²) in [5.41, 5.74) is 0. The lowest BCUT2D eigenvalue weighted by molar-refractivity contribution is -0.698. The fourth-order valence-electron chi connectivity index (χ4n) is 0.780. The molecule has 0 bridgehead atoms. The number of hydrogen-bond donors (Lipinski definition) is 0. The number of rotatable bonds is 3. The van der Waals surface area contributed by atoms with Crippen LogP contribution in [0.25, 0.3) is 0 Å². The van der Waals surface area contributed by atoms with E-state index in [1.165, 1.54) is 0 Å². The van der Waals surface area contributed by atoms with Gasteiger partial charge in [0.2, 0.25) is 0 Å². The van der Waals surface area contributed by atoms with Crippen LogP contribution >= 0.6 is 0 Å². The molecule has 0 unspecified atom stereocenters. The zero-order valence-corrected chi connectivity index (χ0v) is 8.12. The minimum Gasteiger partial charge on any atom is -1.00 e. The van der Waals surface area contributed by atoms with Crippen LogP contribution in [-0.2, 0) is 11.3 Å². The summed E-state index contributed by atoms with van der Waals surface area (Å²) < 4.78 is 7.01. The van der Waals surface area contributed by atoms with Gasteiger partial charge in [-0.15, -0.1) is 0 Å². The Bertz CT molecular complexity index is 179. The average Bonchev–Trinajstić information content (AvgIpc) is 2.03. The van der Waals surface area contributed by atoms with Crippen LogP contribution in [0.5, 0.6) is 0 Å². The van der Waals surface area contributed by atoms with E-state index in [1.54, 1.807) is 7.11 Å². The summed E-state index contributed by atoms with van der Waals surface area (Å²) in [6.45, 7) is 1.70. The predicted molar refractivity (Wildman–Crippen MR) is 38.5 cm³/mol. The fourth-order valence-corrected chi connectivity index (χ4v) is 0.780. The minimum atomic E-state index is 0. The van der Waals surface area contributed by atoms with Gasteiger partial charge in [0.15, 0.2) is 18.9 Å². The molecule has 0 aliphatic rings. The molecule has 0 atom stereocenters. The highest BCUT2D eigenvalue weighted by atomic mass is 79.9. The van der Waals surface area contributed by atoms with Crippen molar-refractivity contribution in [3.05, 3.63) is 30.6 Å². The summed E-state index contributed by atoms with van der Waals surface area (Å²) in [6, 6.07) is 6.02. The first-order valence-electron chi connectivity index (χ1n) is 3.36. The van der Waals surface area contributed by atoms with E-state index >= 15 is 0 Å². The van der Waals surface area contributed by atoms with Crippen molar-refractivity contribution in [1.82, 2.24) is 0 Å². The van der Waals surface area contributed by atoms with Crippen molar-refractivity contribution >= 4 is 0 Å². The maximum atomic E-state index is 4.92. The van der Waals surface area contributed by atoms with Gasteiger partial charge in [0.1, 0.15) is 6.61 Å². The normalized spacial score (nSPS) is 8.82. The Balaban J connectivity index is 0.000001000. The molecule has 0 saturated carbocycles. The molecule has 11 heavy (non-hydrogen) atoms. The Labute approximate surface area is 77.6 Å². The molecule has 0 amide bonds. The third-order valence-corrected chi connectivity index (χ3v) is 1.33. The average molecular weight is 218 g/mol. The zero-order valence-electron chi connectivity index (χ0n) is 6.53. The minimum absolute atomic E-state index is 0. The molecule has 0 saturated heterocycles. The summed E-state index contributed by atoms with van der Waals surface area (Å²) in [7, 11) is 1.71. The molecule has 1 aromatic heterocycles. The largest absolute Gasteiger partial charge is 1.00 e. The summed E-state index contributed by atoms with van der Waals surface area (Å²) in [4.78, 5) is 0. The van der Waals surface area contributed by atoms with E-state index in [9.17, 15) is 0 Å². The maximum Gasteiger partial charge on any atom is 0.171 e. The van der Waals surface area contributed by atoms with Gasteiger partial charge in [0.25, 0.3) is 0 Å². The second-order valence-electron chi connectivity index (χ2n) is 2.11. The van der Waals surface area contributed by atoms with E-state index in [-0.39, 0.29) is 17.0 Å². The van der Waals surface area contributed by atoms with E-state index in [0.29, 0.717) is 0 Å². The van der Waals surface area contributed by atoms with Crippen molar-refractivity contribution in [2.75, 3.05) is 13.7 Å². The van der Waals surface area contributed by atoms with Crippen molar-refractivity contribution < 1.29 is 26.3 Å². The van der Waals surface area contributed by atoms with Gasteiger partial charge in [-0.25, -0.2) is 4.57 Å². The van der Waals surface area contributed by atoms with Crippen LogP contribution in [0, 0.1) is 0 Å². The van der Waals surface area contributed by atoms with Crippen LogP contribution in [-0.4, -0.2) is 13.7 Å². The second-order valence-corrected chi connectivity index (χ2v) is 2.11. The molecule has 0 aromatic carbocycles. The lowest BCUT2D eigenvalue weighted by atomic mass is 10.5. The highest BCUT2D eigenvalue weighted by Gasteiger charge is 1.93. The second kappa shape index (κ2) is 6.31. The van der Waals surface area contributed by atoms with Crippen molar-refractivity contribution in [2.45, 2.75) is 6.54 Å². The smallest absolute Gasteiger partial charge is 0.171 e. The Morgan fingerprint density at radius 2 is 1.82 bits per heavy atom. The quantitative estimate of drug-likeness (QED) is 0.517. The molecule has 0 aliphatic heterocycles. The molecule has 0 spiro atoms. The van der Waals surface area contributed by atoms with Crippen molar-refractivity contribution in [3.63, 3.8) is 0 Å². The number of hydrogen-bond acceptors (Lipinski definition) is 1. The molecule has 0 fully saturated rings. The lowest BCUT2D eigenvalue weighted by Crippen LogP contribution is -3.00. The number of nitrogens with zero attached hydrogens (tertiary/aromatic N) is 1. The van der Waals surface area contributed by atoms with Crippen LogP contribution in [0.3, 0.4) is 0 Å². The first kappa shape index (κ1) is 10.6. The van der Waals surface area contributed by atoms with E-state index in [1.807, 2.05) is 30.6 Å². The van der Waals surface area contributed by atoms with Crippen molar-refractivity contribution in [2.24, 2.45) is 0 Å². The van der Waals surface area contributed by atoms with Crippen molar-refractivity contribution in [1.29, 1.82) is 0 Å². The summed E-state index contributed by atoms with van der Waals surface area (Å²) >= 11 is 0. The van der Waals surface area contributed by atoms with E-state index in [2.05, 4.69) is 4.57 Å². The molecule has 62 valence electrons. The number of pyridine rings is 1. The topological polar surface area (TPSA) is 13.1 Å².